The van der Waals surface area contributed by atoms with Crippen molar-refractivity contribution in [3.63, 3.8) is 0 Å². The molecule has 0 amide bonds. The molecule has 1 fully saturated rings. The van der Waals surface area contributed by atoms with E-state index in [0.717, 1.165) is 38.8 Å². The van der Waals surface area contributed by atoms with Crippen LogP contribution >= 0.6 is 0 Å². The van der Waals surface area contributed by atoms with Crippen molar-refractivity contribution in [1.29, 1.82) is 0 Å². The molecule has 0 spiro atoms. The van der Waals surface area contributed by atoms with Crippen LogP contribution in [0.5, 0.6) is 0 Å². The first-order valence-corrected chi connectivity index (χ1v) is 8.35. The van der Waals surface area contributed by atoms with Gasteiger partial charge in [0.05, 0.1) is 6.61 Å². The summed E-state index contributed by atoms with van der Waals surface area (Å²) in [5.41, 5.74) is 0. The molecule has 3 heteroatoms. The smallest absolute Gasteiger partial charge is 0.0593 e. The van der Waals surface area contributed by atoms with Gasteiger partial charge in [0.2, 0.25) is 0 Å². The second-order valence-corrected chi connectivity index (χ2v) is 5.70. The van der Waals surface area contributed by atoms with Crippen LogP contribution in [-0.2, 0) is 4.74 Å². The van der Waals surface area contributed by atoms with Crippen molar-refractivity contribution in [2.24, 2.45) is 5.92 Å². The van der Waals surface area contributed by atoms with Gasteiger partial charge in [0, 0.05) is 25.7 Å². The Balaban J connectivity index is 2.38. The number of hydrogen-bond acceptors (Lipinski definition) is 3. The quantitative estimate of drug-likeness (QED) is 0.584. The lowest BCUT2D eigenvalue weighted by Gasteiger charge is -2.31. The highest BCUT2D eigenvalue weighted by atomic mass is 16.5. The molecular formula is C16H34N2O. The molecule has 0 aliphatic heterocycles. The molecule has 0 radical (unpaired) electrons. The Bertz CT molecular complexity index is 205. The Labute approximate surface area is 120 Å². The Hall–Kier alpha value is -0.120. The fourth-order valence-electron chi connectivity index (χ4n) is 3.06. The second-order valence-electron chi connectivity index (χ2n) is 5.70. The highest BCUT2D eigenvalue weighted by Crippen LogP contribution is 2.28. The van der Waals surface area contributed by atoms with Crippen LogP contribution in [-0.4, -0.2) is 50.3 Å². The Morgan fingerprint density at radius 1 is 1.21 bits per heavy atom. The van der Waals surface area contributed by atoms with E-state index < -0.39 is 0 Å². The number of nitrogens with zero attached hydrogens (tertiary/aromatic N) is 1. The Kier molecular flexibility index (Phi) is 9.48. The second kappa shape index (κ2) is 10.6. The van der Waals surface area contributed by atoms with Crippen molar-refractivity contribution in [2.45, 2.75) is 58.9 Å². The third kappa shape index (κ3) is 6.73. The lowest BCUT2D eigenvalue weighted by atomic mass is 9.97. The van der Waals surface area contributed by atoms with Crippen LogP contribution in [0.1, 0.15) is 52.9 Å². The molecule has 1 saturated carbocycles. The summed E-state index contributed by atoms with van der Waals surface area (Å²) in [6, 6.07) is 0.684. The molecule has 0 aromatic carbocycles. The summed E-state index contributed by atoms with van der Waals surface area (Å²) in [7, 11) is 0. The van der Waals surface area contributed by atoms with E-state index in [-0.39, 0.29) is 0 Å². The summed E-state index contributed by atoms with van der Waals surface area (Å²) in [6.45, 7) is 12.8. The molecule has 114 valence electrons. The van der Waals surface area contributed by atoms with Crippen molar-refractivity contribution in [3.05, 3.63) is 0 Å². The van der Waals surface area contributed by atoms with Gasteiger partial charge >= 0.3 is 0 Å². The molecule has 1 N–H and O–H groups in total. The van der Waals surface area contributed by atoms with Crippen molar-refractivity contribution < 1.29 is 4.74 Å². The average molecular weight is 270 g/mol. The van der Waals surface area contributed by atoms with E-state index in [1.54, 1.807) is 0 Å². The first-order valence-electron chi connectivity index (χ1n) is 8.35. The molecule has 0 aromatic rings. The zero-order chi connectivity index (χ0) is 13.9. The van der Waals surface area contributed by atoms with Crippen LogP contribution in [0, 0.1) is 5.92 Å². The molecule has 1 unspecified atom stereocenters. The molecule has 0 saturated heterocycles. The van der Waals surface area contributed by atoms with Gasteiger partial charge in [-0.1, -0.05) is 26.7 Å². The van der Waals surface area contributed by atoms with Crippen molar-refractivity contribution in [3.8, 4) is 0 Å². The van der Waals surface area contributed by atoms with Gasteiger partial charge in [0.15, 0.2) is 0 Å². The van der Waals surface area contributed by atoms with Crippen LogP contribution in [0.4, 0.5) is 0 Å². The van der Waals surface area contributed by atoms with Gasteiger partial charge in [0.1, 0.15) is 0 Å². The standard InChI is InChI=1S/C16H34N2O/c1-4-11-17-16(15-9-7-8-10-15)14-18(5-2)12-13-19-6-3/h15-17H,4-14H2,1-3H3. The first kappa shape index (κ1) is 16.9. The molecule has 1 aliphatic carbocycles. The van der Waals surface area contributed by atoms with Crippen molar-refractivity contribution in [1.82, 2.24) is 10.2 Å². The topological polar surface area (TPSA) is 24.5 Å². The van der Waals surface area contributed by atoms with E-state index in [9.17, 15) is 0 Å². The summed E-state index contributed by atoms with van der Waals surface area (Å²) in [5.74, 6) is 0.896. The monoisotopic (exact) mass is 270 g/mol. The van der Waals surface area contributed by atoms with Gasteiger partial charge in [-0.15, -0.1) is 0 Å². The molecular weight excluding hydrogens is 236 g/mol. The van der Waals surface area contributed by atoms with E-state index in [4.69, 9.17) is 4.74 Å². The highest BCUT2D eigenvalue weighted by Gasteiger charge is 2.25. The largest absolute Gasteiger partial charge is 0.380 e. The van der Waals surface area contributed by atoms with Crippen LogP contribution in [0.15, 0.2) is 0 Å². The van der Waals surface area contributed by atoms with Gasteiger partial charge in [0.25, 0.3) is 0 Å². The van der Waals surface area contributed by atoms with E-state index >= 15 is 0 Å². The minimum Gasteiger partial charge on any atom is -0.380 e. The van der Waals surface area contributed by atoms with E-state index in [1.165, 1.54) is 38.6 Å². The average Bonchev–Trinajstić information content (AvgIpc) is 2.95. The zero-order valence-electron chi connectivity index (χ0n) is 13.3. The molecule has 0 aromatic heterocycles. The van der Waals surface area contributed by atoms with Crippen LogP contribution in [0.3, 0.4) is 0 Å². The fraction of sp³-hybridized carbons (Fsp3) is 1.00. The number of nitrogens with one attached hydrogen (secondary N) is 1. The molecule has 1 atom stereocenters. The van der Waals surface area contributed by atoms with E-state index in [0.29, 0.717) is 6.04 Å². The molecule has 1 rings (SSSR count). The van der Waals surface area contributed by atoms with Crippen LogP contribution in [0.2, 0.25) is 0 Å². The van der Waals surface area contributed by atoms with Crippen molar-refractivity contribution in [2.75, 3.05) is 39.4 Å². The molecule has 3 nitrogen and oxygen atoms in total. The van der Waals surface area contributed by atoms with Crippen LogP contribution < -0.4 is 5.32 Å². The van der Waals surface area contributed by atoms with Gasteiger partial charge in [-0.05, 0) is 45.2 Å². The maximum Gasteiger partial charge on any atom is 0.0593 e. The summed E-state index contributed by atoms with van der Waals surface area (Å²) >= 11 is 0. The molecule has 0 bridgehead atoms. The highest BCUT2D eigenvalue weighted by molar-refractivity contribution is 4.83. The zero-order valence-corrected chi connectivity index (χ0v) is 13.3. The number of rotatable bonds is 11. The van der Waals surface area contributed by atoms with Crippen LogP contribution in [0.25, 0.3) is 0 Å². The summed E-state index contributed by atoms with van der Waals surface area (Å²) in [4.78, 5) is 2.54. The van der Waals surface area contributed by atoms with Gasteiger partial charge in [-0.25, -0.2) is 0 Å². The lowest BCUT2D eigenvalue weighted by molar-refractivity contribution is 0.107. The minimum absolute atomic E-state index is 0.684. The Morgan fingerprint density at radius 3 is 2.53 bits per heavy atom. The number of ether oxygens (including phenoxy) is 1. The summed E-state index contributed by atoms with van der Waals surface area (Å²) in [6.07, 6.45) is 6.93. The summed E-state index contributed by atoms with van der Waals surface area (Å²) < 4.78 is 5.49. The van der Waals surface area contributed by atoms with Gasteiger partial charge < -0.3 is 10.1 Å². The van der Waals surface area contributed by atoms with E-state index in [2.05, 4.69) is 31.0 Å². The lowest BCUT2D eigenvalue weighted by Crippen LogP contribution is -2.46. The van der Waals surface area contributed by atoms with Crippen molar-refractivity contribution >= 4 is 0 Å². The molecule has 19 heavy (non-hydrogen) atoms. The number of likely N-dealkylation sites (N-methyl/N-ethyl adjacent to an activating group) is 1. The molecule has 1 aliphatic rings. The molecule has 0 heterocycles. The summed E-state index contributed by atoms with van der Waals surface area (Å²) in [5, 5.41) is 3.78. The third-order valence-corrected chi connectivity index (χ3v) is 4.28. The number of hydrogen-bond donors (Lipinski definition) is 1. The predicted octanol–water partition coefficient (Wildman–Crippen LogP) is 2.90. The maximum absolute atomic E-state index is 5.49. The predicted molar refractivity (Wildman–Crippen MR) is 82.6 cm³/mol. The minimum atomic E-state index is 0.684. The third-order valence-electron chi connectivity index (χ3n) is 4.28. The Morgan fingerprint density at radius 2 is 1.95 bits per heavy atom. The SMILES string of the molecule is CCCNC(CN(CC)CCOCC)C1CCCC1. The van der Waals surface area contributed by atoms with E-state index in [1.807, 2.05) is 0 Å². The fourth-order valence-corrected chi connectivity index (χ4v) is 3.06. The maximum atomic E-state index is 5.49. The van der Waals surface area contributed by atoms with Gasteiger partial charge in [-0.3, -0.25) is 4.90 Å². The normalized spacial score (nSPS) is 18.3. The van der Waals surface area contributed by atoms with Gasteiger partial charge in [-0.2, -0.15) is 0 Å². The first-order chi connectivity index (χ1) is 9.31.